The second-order valence-corrected chi connectivity index (χ2v) is 10.6. The van der Waals surface area contributed by atoms with Crippen LogP contribution >= 0.6 is 34.8 Å². The number of primary sulfonamides is 2. The number of sulfonamides is 2. The van der Waals surface area contributed by atoms with E-state index in [1.54, 1.807) is 12.1 Å². The van der Waals surface area contributed by atoms with Gasteiger partial charge in [0.1, 0.15) is 5.15 Å². The van der Waals surface area contributed by atoms with Crippen LogP contribution in [-0.4, -0.2) is 52.1 Å². The van der Waals surface area contributed by atoms with E-state index in [-0.39, 0.29) is 56.2 Å². The van der Waals surface area contributed by atoms with Crippen LogP contribution in [-0.2, 0) is 20.0 Å². The van der Waals surface area contributed by atoms with Gasteiger partial charge in [0.05, 0.1) is 6.10 Å². The van der Waals surface area contributed by atoms with Crippen molar-refractivity contribution in [3.8, 4) is 5.88 Å². The summed E-state index contributed by atoms with van der Waals surface area (Å²) in [5, 5.41) is 16.7. The zero-order chi connectivity index (χ0) is 24.7. The molecule has 18 heteroatoms. The molecule has 4 N–H and O–H groups in total. The molecule has 34 heavy (non-hydrogen) atoms. The lowest BCUT2D eigenvalue weighted by atomic mass is 10.5. The van der Waals surface area contributed by atoms with E-state index >= 15 is 0 Å². The van der Waals surface area contributed by atoms with Crippen molar-refractivity contribution in [3.05, 3.63) is 39.7 Å². The number of rotatable bonds is 4. The zero-order valence-electron chi connectivity index (χ0n) is 16.7. The van der Waals surface area contributed by atoms with Crippen LogP contribution in [0.5, 0.6) is 5.88 Å². The number of fused-ring (bicyclic) bond motifs is 2. The Labute approximate surface area is 209 Å². The molecule has 0 unspecified atom stereocenters. The molecule has 0 aromatic carbocycles. The summed E-state index contributed by atoms with van der Waals surface area (Å²) in [4.78, 5) is 7.62. The molecular formula is C16H19Cl3N8O5S2. The lowest BCUT2D eigenvalue weighted by Gasteiger charge is -2.08. The Morgan fingerprint density at radius 3 is 1.71 bits per heavy atom. The molecular weight excluding hydrogens is 555 g/mol. The first-order valence-corrected chi connectivity index (χ1v) is 12.9. The Bertz CT molecular complexity index is 1570. The van der Waals surface area contributed by atoms with E-state index in [1.165, 1.54) is 12.1 Å². The molecule has 13 nitrogen and oxygen atoms in total. The predicted octanol–water partition coefficient (Wildman–Crippen LogP) is 2.14. The van der Waals surface area contributed by atoms with Crippen LogP contribution in [0.3, 0.4) is 0 Å². The second kappa shape index (κ2) is 10.2. The van der Waals surface area contributed by atoms with Crippen molar-refractivity contribution in [3.63, 3.8) is 0 Å². The van der Waals surface area contributed by atoms with Crippen LogP contribution < -0.4 is 15.0 Å². The fourth-order valence-corrected chi connectivity index (χ4v) is 4.94. The quantitative estimate of drug-likeness (QED) is 0.368. The molecule has 0 fully saturated rings. The minimum Gasteiger partial charge on any atom is -0.474 e. The van der Waals surface area contributed by atoms with E-state index in [0.717, 1.165) is 9.03 Å². The molecule has 4 rings (SSSR count). The van der Waals surface area contributed by atoms with Crippen molar-refractivity contribution < 1.29 is 21.6 Å². The van der Waals surface area contributed by atoms with Crippen LogP contribution in [0.4, 0.5) is 0 Å². The molecule has 0 aliphatic rings. The second-order valence-electron chi connectivity index (χ2n) is 6.54. The van der Waals surface area contributed by atoms with Gasteiger partial charge in [-0.2, -0.15) is 14.1 Å². The summed E-state index contributed by atoms with van der Waals surface area (Å²) in [6, 6.07) is 6.07. The van der Waals surface area contributed by atoms with Crippen molar-refractivity contribution in [1.82, 2.24) is 29.2 Å². The highest BCUT2D eigenvalue weighted by Crippen LogP contribution is 2.23. The summed E-state index contributed by atoms with van der Waals surface area (Å²) < 4.78 is 52.6. The maximum absolute atomic E-state index is 11.4. The maximum atomic E-state index is 11.4. The van der Waals surface area contributed by atoms with E-state index in [1.807, 2.05) is 13.8 Å². The number of nitrogens with zero attached hydrogens (tertiary/aromatic N) is 6. The Balaban J connectivity index is 0.000000237. The predicted molar refractivity (Wildman–Crippen MR) is 126 cm³/mol. The van der Waals surface area contributed by atoms with Crippen LogP contribution in [0.15, 0.2) is 34.3 Å². The first-order chi connectivity index (χ1) is 15.2. The van der Waals surface area contributed by atoms with Gasteiger partial charge in [0.15, 0.2) is 21.6 Å². The van der Waals surface area contributed by atoms with E-state index in [0.29, 0.717) is 0 Å². The average Bonchev–Trinajstić information content (AvgIpc) is 3.15. The number of ether oxygens (including phenoxy) is 1. The lowest BCUT2D eigenvalue weighted by Crippen LogP contribution is -2.16. The van der Waals surface area contributed by atoms with Gasteiger partial charge in [-0.3, -0.25) is 0 Å². The smallest absolute Gasteiger partial charge is 0.258 e. The van der Waals surface area contributed by atoms with Gasteiger partial charge in [-0.25, -0.2) is 37.1 Å². The first-order valence-electron chi connectivity index (χ1n) is 8.67. The molecule has 186 valence electrons. The van der Waals surface area contributed by atoms with Gasteiger partial charge in [0.2, 0.25) is 15.9 Å². The highest BCUT2D eigenvalue weighted by molar-refractivity contribution is 7.89. The Kier molecular flexibility index (Phi) is 8.35. The fraction of sp³-hybridized carbons (Fsp3) is 0.250. The van der Waals surface area contributed by atoms with Gasteiger partial charge in [-0.1, -0.05) is 42.2 Å². The molecule has 0 bridgehead atoms. The average molecular weight is 574 g/mol. The van der Waals surface area contributed by atoms with Crippen molar-refractivity contribution in [2.45, 2.75) is 37.4 Å². The summed E-state index contributed by atoms with van der Waals surface area (Å²) in [5.74, 6) is 0.261. The minimum absolute atomic E-state index is 0. The molecule has 0 saturated heterocycles. The van der Waals surface area contributed by atoms with Gasteiger partial charge in [-0.05, 0) is 32.0 Å². The third-order valence-electron chi connectivity index (χ3n) is 3.63. The van der Waals surface area contributed by atoms with Gasteiger partial charge >= 0.3 is 0 Å². The molecule has 4 aromatic heterocycles. The first kappa shape index (κ1) is 28.0. The molecule has 4 aromatic rings. The van der Waals surface area contributed by atoms with Crippen molar-refractivity contribution >= 4 is 66.1 Å². The number of imidazole rings is 2. The SMILES string of the molecule is C.CC(C)Oc1ccc2nc(Cl)c(S(N)(=O)=O)n2n1.NS(=O)(=O)c1c(Cl)nc2ccc(Cl)nn12. The molecule has 0 spiro atoms. The fourth-order valence-electron chi connectivity index (χ4n) is 2.51. The highest BCUT2D eigenvalue weighted by Gasteiger charge is 2.23. The molecule has 0 aliphatic heterocycles. The number of aromatic nitrogens is 6. The summed E-state index contributed by atoms with van der Waals surface area (Å²) in [6.07, 6.45) is -0.0909. The van der Waals surface area contributed by atoms with E-state index in [9.17, 15) is 16.8 Å². The van der Waals surface area contributed by atoms with E-state index in [4.69, 9.17) is 49.8 Å². The standard InChI is InChI=1S/C9H11ClN4O3S.C6H4Cl2N4O2S.CH4/c1-5(2)17-7-4-3-6-12-8(10)9(14(6)13-7)18(11,15)16;7-3-1-2-4-10-5(8)6(12(4)11-3)15(9,13)14;/h3-5H,1-2H3,(H2,11,15,16);1-2H,(H2,9,13,14);1H4. The molecule has 0 amide bonds. The normalized spacial score (nSPS) is 11.9. The molecule has 0 atom stereocenters. The third kappa shape index (κ3) is 6.04. The van der Waals surface area contributed by atoms with E-state index in [2.05, 4.69) is 20.2 Å². The number of halogens is 3. The van der Waals surface area contributed by atoms with Crippen molar-refractivity contribution in [2.75, 3.05) is 0 Å². The number of hydrogen-bond acceptors (Lipinski definition) is 9. The Hall–Kier alpha value is -2.27. The molecule has 0 saturated carbocycles. The number of nitrogens with two attached hydrogens (primary N) is 2. The van der Waals surface area contributed by atoms with Crippen LogP contribution in [0, 0.1) is 0 Å². The Morgan fingerprint density at radius 2 is 1.26 bits per heavy atom. The summed E-state index contributed by atoms with van der Waals surface area (Å²) in [7, 11) is -8.00. The van der Waals surface area contributed by atoms with Gasteiger partial charge in [-0.15, -0.1) is 5.10 Å². The molecule has 4 heterocycles. The molecule has 0 radical (unpaired) electrons. The third-order valence-corrected chi connectivity index (χ3v) is 6.39. The minimum atomic E-state index is -4.01. The lowest BCUT2D eigenvalue weighted by molar-refractivity contribution is 0.228. The summed E-state index contributed by atoms with van der Waals surface area (Å²) in [5.41, 5.74) is 0.536. The van der Waals surface area contributed by atoms with Crippen molar-refractivity contribution in [2.24, 2.45) is 10.3 Å². The summed E-state index contributed by atoms with van der Waals surface area (Å²) >= 11 is 17.0. The van der Waals surface area contributed by atoms with E-state index < -0.39 is 20.0 Å². The largest absolute Gasteiger partial charge is 0.474 e. The van der Waals surface area contributed by atoms with Crippen LogP contribution in [0.2, 0.25) is 15.5 Å². The molecule has 0 aliphatic carbocycles. The van der Waals surface area contributed by atoms with Gasteiger partial charge < -0.3 is 4.74 Å². The van der Waals surface area contributed by atoms with Crippen LogP contribution in [0.1, 0.15) is 21.3 Å². The topological polar surface area (TPSA) is 190 Å². The van der Waals surface area contributed by atoms with Crippen molar-refractivity contribution in [1.29, 1.82) is 0 Å². The monoisotopic (exact) mass is 572 g/mol. The van der Waals surface area contributed by atoms with Gasteiger partial charge in [0, 0.05) is 6.07 Å². The Morgan fingerprint density at radius 1 is 0.824 bits per heavy atom. The maximum Gasteiger partial charge on any atom is 0.258 e. The number of hydrogen-bond donors (Lipinski definition) is 2. The summed E-state index contributed by atoms with van der Waals surface area (Å²) in [6.45, 7) is 3.65. The zero-order valence-corrected chi connectivity index (χ0v) is 20.6. The highest BCUT2D eigenvalue weighted by atomic mass is 35.5. The van der Waals surface area contributed by atoms with Crippen LogP contribution in [0.25, 0.3) is 11.3 Å². The van der Waals surface area contributed by atoms with Gasteiger partial charge in [0.25, 0.3) is 20.0 Å².